The molecule has 0 atom stereocenters. The Bertz CT molecular complexity index is 998. The van der Waals surface area contributed by atoms with E-state index < -0.39 is 4.92 Å². The number of nitrogens with one attached hydrogen (secondary N) is 2. The first kappa shape index (κ1) is 17.0. The fourth-order valence-electron chi connectivity index (χ4n) is 2.86. The van der Waals surface area contributed by atoms with E-state index in [1.54, 1.807) is 12.1 Å². The number of pyridine rings is 1. The van der Waals surface area contributed by atoms with Gasteiger partial charge in [0.2, 0.25) is 5.82 Å². The quantitative estimate of drug-likeness (QED) is 0.451. The fourth-order valence-corrected chi connectivity index (χ4v) is 2.86. The zero-order valence-electron chi connectivity index (χ0n) is 14.3. The first-order valence-electron chi connectivity index (χ1n) is 8.50. The van der Waals surface area contributed by atoms with Gasteiger partial charge in [0.15, 0.2) is 0 Å². The van der Waals surface area contributed by atoms with Gasteiger partial charge in [-0.25, -0.2) is 9.37 Å². The van der Waals surface area contributed by atoms with Crippen LogP contribution in [0.25, 0.3) is 11.3 Å². The van der Waals surface area contributed by atoms with Gasteiger partial charge in [-0.1, -0.05) is 12.1 Å². The molecule has 138 valence electrons. The van der Waals surface area contributed by atoms with Crippen LogP contribution in [0.1, 0.15) is 30.0 Å². The predicted octanol–water partition coefficient (Wildman–Crippen LogP) is 3.59. The number of hydrogen-bond donors (Lipinski definition) is 3. The SMILES string of the molecule is Nc1nc(NCc2ccc(F)cc2)c([N+](=O)[O-])cc1-c1cc(C2CC2)[nH]n1. The summed E-state index contributed by atoms with van der Waals surface area (Å²) >= 11 is 0. The summed E-state index contributed by atoms with van der Waals surface area (Å²) in [5.41, 5.74) is 8.56. The summed E-state index contributed by atoms with van der Waals surface area (Å²) < 4.78 is 13.0. The molecule has 8 nitrogen and oxygen atoms in total. The van der Waals surface area contributed by atoms with Crippen LogP contribution in [0.5, 0.6) is 0 Å². The van der Waals surface area contributed by atoms with E-state index >= 15 is 0 Å². The monoisotopic (exact) mass is 368 g/mol. The second-order valence-corrected chi connectivity index (χ2v) is 6.51. The Labute approximate surface area is 153 Å². The molecule has 1 aliphatic carbocycles. The van der Waals surface area contributed by atoms with Gasteiger partial charge in [0, 0.05) is 24.2 Å². The van der Waals surface area contributed by atoms with Crippen LogP contribution in [0.4, 0.5) is 21.7 Å². The van der Waals surface area contributed by atoms with Gasteiger partial charge in [0.25, 0.3) is 0 Å². The number of hydrogen-bond acceptors (Lipinski definition) is 6. The average Bonchev–Trinajstić information content (AvgIpc) is 3.38. The van der Waals surface area contributed by atoms with Crippen molar-refractivity contribution in [1.29, 1.82) is 0 Å². The van der Waals surface area contributed by atoms with Gasteiger partial charge in [-0.15, -0.1) is 0 Å². The second-order valence-electron chi connectivity index (χ2n) is 6.51. The number of rotatable bonds is 6. The molecule has 9 heteroatoms. The molecule has 0 radical (unpaired) electrons. The van der Waals surface area contributed by atoms with E-state index in [9.17, 15) is 14.5 Å². The summed E-state index contributed by atoms with van der Waals surface area (Å²) in [7, 11) is 0. The topological polar surface area (TPSA) is 123 Å². The highest BCUT2D eigenvalue weighted by Crippen LogP contribution is 2.41. The maximum Gasteiger partial charge on any atom is 0.312 e. The van der Waals surface area contributed by atoms with Crippen molar-refractivity contribution in [1.82, 2.24) is 15.2 Å². The minimum atomic E-state index is -0.516. The number of halogens is 1. The molecule has 3 aromatic rings. The maximum atomic E-state index is 13.0. The zero-order chi connectivity index (χ0) is 19.0. The van der Waals surface area contributed by atoms with Crippen LogP contribution >= 0.6 is 0 Å². The van der Waals surface area contributed by atoms with Crippen LogP contribution in [-0.2, 0) is 6.54 Å². The minimum Gasteiger partial charge on any atom is -0.383 e. The molecule has 4 N–H and O–H groups in total. The summed E-state index contributed by atoms with van der Waals surface area (Å²) in [6.07, 6.45) is 2.23. The van der Waals surface area contributed by atoms with Crippen molar-refractivity contribution in [2.75, 3.05) is 11.1 Å². The summed E-state index contributed by atoms with van der Waals surface area (Å²) in [6.45, 7) is 0.251. The number of aromatic amines is 1. The molecule has 1 saturated carbocycles. The van der Waals surface area contributed by atoms with Crippen LogP contribution in [0.3, 0.4) is 0 Å². The summed E-state index contributed by atoms with van der Waals surface area (Å²) in [5.74, 6) is 0.340. The van der Waals surface area contributed by atoms with Crippen molar-refractivity contribution >= 4 is 17.3 Å². The van der Waals surface area contributed by atoms with Crippen molar-refractivity contribution in [2.45, 2.75) is 25.3 Å². The lowest BCUT2D eigenvalue weighted by Gasteiger charge is -2.09. The van der Waals surface area contributed by atoms with Gasteiger partial charge in [-0.2, -0.15) is 5.10 Å². The number of anilines is 2. The fraction of sp³-hybridized carbons (Fsp3) is 0.222. The molecule has 0 spiro atoms. The molecule has 0 bridgehead atoms. The lowest BCUT2D eigenvalue weighted by molar-refractivity contribution is -0.384. The van der Waals surface area contributed by atoms with Crippen LogP contribution < -0.4 is 11.1 Å². The Morgan fingerprint density at radius 2 is 2.04 bits per heavy atom. The summed E-state index contributed by atoms with van der Waals surface area (Å²) in [6, 6.07) is 9.07. The van der Waals surface area contributed by atoms with Crippen LogP contribution in [0.15, 0.2) is 36.4 Å². The van der Waals surface area contributed by atoms with E-state index in [1.165, 1.54) is 18.2 Å². The number of benzene rings is 1. The number of nitrogens with two attached hydrogens (primary N) is 1. The van der Waals surface area contributed by atoms with E-state index in [0.29, 0.717) is 17.2 Å². The van der Waals surface area contributed by atoms with Gasteiger partial charge in [-0.3, -0.25) is 15.2 Å². The summed E-state index contributed by atoms with van der Waals surface area (Å²) in [5, 5.41) is 21.6. The molecule has 0 aliphatic heterocycles. The lowest BCUT2D eigenvalue weighted by atomic mass is 10.1. The summed E-state index contributed by atoms with van der Waals surface area (Å²) in [4.78, 5) is 15.2. The van der Waals surface area contributed by atoms with E-state index in [0.717, 1.165) is 24.1 Å². The van der Waals surface area contributed by atoms with Gasteiger partial charge in [0.05, 0.1) is 16.2 Å². The van der Waals surface area contributed by atoms with Gasteiger partial charge in [-0.05, 0) is 36.6 Å². The highest BCUT2D eigenvalue weighted by Gasteiger charge is 2.27. The number of nitrogens with zero attached hydrogens (tertiary/aromatic N) is 3. The Kier molecular flexibility index (Phi) is 4.19. The van der Waals surface area contributed by atoms with Gasteiger partial charge >= 0.3 is 5.69 Å². The van der Waals surface area contributed by atoms with E-state index in [4.69, 9.17) is 5.73 Å². The van der Waals surface area contributed by atoms with Crippen LogP contribution in [0.2, 0.25) is 0 Å². The molecule has 1 aromatic carbocycles. The molecule has 4 rings (SSSR count). The molecule has 0 saturated heterocycles. The largest absolute Gasteiger partial charge is 0.383 e. The van der Waals surface area contributed by atoms with Crippen molar-refractivity contribution in [3.8, 4) is 11.3 Å². The smallest absolute Gasteiger partial charge is 0.312 e. The second kappa shape index (κ2) is 6.67. The third-order valence-electron chi connectivity index (χ3n) is 4.49. The normalized spacial score (nSPS) is 13.5. The molecule has 0 amide bonds. The van der Waals surface area contributed by atoms with Crippen LogP contribution in [0, 0.1) is 15.9 Å². The molecule has 1 aliphatic rings. The van der Waals surface area contributed by atoms with Crippen LogP contribution in [-0.4, -0.2) is 20.1 Å². The Balaban J connectivity index is 1.62. The maximum absolute atomic E-state index is 13.0. The molecule has 0 unspecified atom stereocenters. The Morgan fingerprint density at radius 1 is 1.30 bits per heavy atom. The average molecular weight is 368 g/mol. The zero-order valence-corrected chi connectivity index (χ0v) is 14.3. The van der Waals surface area contributed by atoms with E-state index in [2.05, 4.69) is 20.5 Å². The number of aromatic nitrogens is 3. The predicted molar refractivity (Wildman–Crippen MR) is 98.6 cm³/mol. The Morgan fingerprint density at radius 3 is 2.70 bits per heavy atom. The lowest BCUT2D eigenvalue weighted by Crippen LogP contribution is -2.07. The number of nitrogen functional groups attached to an aromatic ring is 1. The Hall–Kier alpha value is -3.49. The highest BCUT2D eigenvalue weighted by molar-refractivity contribution is 5.77. The molecule has 2 heterocycles. The first-order chi connectivity index (χ1) is 13.0. The van der Waals surface area contributed by atoms with Gasteiger partial charge < -0.3 is 11.1 Å². The van der Waals surface area contributed by atoms with Crippen molar-refractivity contribution in [3.63, 3.8) is 0 Å². The number of nitro groups is 1. The highest BCUT2D eigenvalue weighted by atomic mass is 19.1. The number of H-pyrrole nitrogens is 1. The van der Waals surface area contributed by atoms with E-state index in [-0.39, 0.29) is 29.7 Å². The molecular weight excluding hydrogens is 351 g/mol. The van der Waals surface area contributed by atoms with Crippen molar-refractivity contribution < 1.29 is 9.31 Å². The third-order valence-corrected chi connectivity index (χ3v) is 4.49. The molecular formula is C18H17FN6O2. The molecule has 2 aromatic heterocycles. The van der Waals surface area contributed by atoms with Gasteiger partial charge in [0.1, 0.15) is 11.6 Å². The molecule has 1 fully saturated rings. The first-order valence-corrected chi connectivity index (χ1v) is 8.50. The standard InChI is InChI=1S/C18H17FN6O2/c19-12-5-1-10(2-6-12)9-21-18-16(25(26)27)7-13(17(20)22-18)15-8-14(23-24-15)11-3-4-11/h1-2,5-8,11H,3-4,9H2,(H,23,24)(H3,20,21,22). The minimum absolute atomic E-state index is 0.0588. The van der Waals surface area contributed by atoms with E-state index in [1.807, 2.05) is 6.07 Å². The third kappa shape index (κ3) is 3.57. The van der Waals surface area contributed by atoms with Crippen molar-refractivity contribution in [2.24, 2.45) is 0 Å². The van der Waals surface area contributed by atoms with Crippen molar-refractivity contribution in [3.05, 3.63) is 63.6 Å². The molecule has 27 heavy (non-hydrogen) atoms.